The highest BCUT2D eigenvalue weighted by Gasteiger charge is 2.49. The van der Waals surface area contributed by atoms with Crippen LogP contribution in [0, 0.1) is 0 Å². The van der Waals surface area contributed by atoms with Gasteiger partial charge in [-0.1, -0.05) is 135 Å². The van der Waals surface area contributed by atoms with E-state index in [0.29, 0.717) is 0 Å². The predicted octanol–water partition coefficient (Wildman–Crippen LogP) is 11.5. The minimum absolute atomic E-state index is 0.0579. The number of para-hydroxylation sites is 1. The van der Waals surface area contributed by atoms with Crippen molar-refractivity contribution < 1.29 is 0 Å². The summed E-state index contributed by atoms with van der Waals surface area (Å²) >= 11 is 0. The Kier molecular flexibility index (Phi) is 6.35. The zero-order valence-corrected chi connectivity index (χ0v) is 28.1. The molecule has 2 heterocycles. The van der Waals surface area contributed by atoms with Crippen LogP contribution in [-0.2, 0) is 5.41 Å². The molecule has 7 aromatic rings. The molecule has 10 rings (SSSR count). The third-order valence-electron chi connectivity index (χ3n) is 11.1. The van der Waals surface area contributed by atoms with E-state index in [1.165, 1.54) is 44.8 Å². The lowest BCUT2D eigenvalue weighted by Crippen LogP contribution is -2.34. The molecule has 6 aromatic carbocycles. The molecule has 2 unspecified atom stereocenters. The van der Waals surface area contributed by atoms with Gasteiger partial charge in [-0.05, 0) is 75.9 Å². The van der Waals surface area contributed by atoms with Gasteiger partial charge in [0.2, 0.25) is 0 Å². The average molecular weight is 642 g/mol. The summed E-state index contributed by atoms with van der Waals surface area (Å²) in [5.41, 5.74) is 17.2. The summed E-state index contributed by atoms with van der Waals surface area (Å²) in [7, 11) is 0. The molecule has 238 valence electrons. The summed E-state index contributed by atoms with van der Waals surface area (Å²) in [4.78, 5) is 12.7. The first-order valence-corrected chi connectivity index (χ1v) is 17.5. The summed E-state index contributed by atoms with van der Waals surface area (Å²) in [5.74, 6) is 1.19. The lowest BCUT2D eigenvalue weighted by Gasteiger charge is -2.44. The highest BCUT2D eigenvalue weighted by atomic mass is 15.2. The molecule has 1 aromatic heterocycles. The maximum atomic E-state index is 5.09. The Hall–Kier alpha value is -6.06. The van der Waals surface area contributed by atoms with Crippen LogP contribution in [0.4, 0.5) is 11.4 Å². The van der Waals surface area contributed by atoms with Crippen molar-refractivity contribution in [3.05, 3.63) is 197 Å². The van der Waals surface area contributed by atoms with Gasteiger partial charge in [-0.15, -0.1) is 0 Å². The number of anilines is 2. The quantitative estimate of drug-likeness (QED) is 0.191. The molecule has 0 spiro atoms. The lowest BCUT2D eigenvalue weighted by atomic mass is 9.59. The maximum Gasteiger partial charge on any atom is 0.160 e. The first-order chi connectivity index (χ1) is 24.6. The van der Waals surface area contributed by atoms with Gasteiger partial charge in [0, 0.05) is 51.0 Å². The van der Waals surface area contributed by atoms with Gasteiger partial charge in [-0.25, -0.2) is 9.97 Å². The molecular formula is C47H35N3. The molecule has 0 fully saturated rings. The Labute approximate surface area is 293 Å². The summed E-state index contributed by atoms with van der Waals surface area (Å²) in [6.45, 7) is 4.77. The van der Waals surface area contributed by atoms with Crippen LogP contribution in [0.3, 0.4) is 0 Å². The minimum Gasteiger partial charge on any atom is -0.313 e. The van der Waals surface area contributed by atoms with Gasteiger partial charge in [0.05, 0.1) is 11.4 Å². The zero-order valence-electron chi connectivity index (χ0n) is 28.1. The highest BCUT2D eigenvalue weighted by molar-refractivity contribution is 5.87. The average Bonchev–Trinajstić information content (AvgIpc) is 3.51. The molecular weight excluding hydrogens is 607 g/mol. The molecule has 0 bridgehead atoms. The standard InChI is InChI=1S/C47H35N3/c1-47(2)37-21-11-9-19-35(37)45-43-33(18-13-22-38(43)47)28-42-44(45)36-20-10-12-23-41(36)50(42)34-26-24-32(25-27-34)46-48-39(30-14-5-3-6-15-30)29-40(49-46)31-16-7-4-8-17-31/h3-29,44-45H,1-2H3. The van der Waals surface area contributed by atoms with Crippen molar-refractivity contribution in [1.82, 2.24) is 9.97 Å². The van der Waals surface area contributed by atoms with Gasteiger partial charge in [0.25, 0.3) is 0 Å². The number of benzene rings is 6. The number of aromatic nitrogens is 2. The van der Waals surface area contributed by atoms with E-state index in [-0.39, 0.29) is 17.3 Å². The van der Waals surface area contributed by atoms with Crippen molar-refractivity contribution in [2.24, 2.45) is 0 Å². The maximum absolute atomic E-state index is 5.09. The predicted molar refractivity (Wildman–Crippen MR) is 204 cm³/mol. The van der Waals surface area contributed by atoms with E-state index in [1.54, 1.807) is 0 Å². The minimum atomic E-state index is -0.0579. The molecule has 0 N–H and O–H groups in total. The SMILES string of the molecule is CC1(C)c2ccccc2C2c3c(cccc31)C=C1C2c2ccccc2N1c1ccc(-c2nc(-c3ccccc3)cc(-c3ccccc3)n2)cc1. The van der Waals surface area contributed by atoms with E-state index in [4.69, 9.17) is 9.97 Å². The largest absolute Gasteiger partial charge is 0.313 e. The van der Waals surface area contributed by atoms with Crippen LogP contribution in [0.5, 0.6) is 0 Å². The molecule has 0 radical (unpaired) electrons. The van der Waals surface area contributed by atoms with Gasteiger partial charge < -0.3 is 4.90 Å². The second kappa shape index (κ2) is 11.0. The van der Waals surface area contributed by atoms with Crippen LogP contribution in [0.25, 0.3) is 40.0 Å². The number of nitrogens with zero attached hydrogens (tertiary/aromatic N) is 3. The summed E-state index contributed by atoms with van der Waals surface area (Å²) in [5, 5.41) is 0. The Bertz CT molecular complexity index is 2400. The Morgan fingerprint density at radius 1 is 0.520 bits per heavy atom. The van der Waals surface area contributed by atoms with Gasteiger partial charge in [0.15, 0.2) is 5.82 Å². The normalized spacial score (nSPS) is 17.6. The van der Waals surface area contributed by atoms with Gasteiger partial charge in [0.1, 0.15) is 0 Å². The fraction of sp³-hybridized carbons (Fsp3) is 0.106. The van der Waals surface area contributed by atoms with Gasteiger partial charge in [-0.2, -0.15) is 0 Å². The zero-order chi connectivity index (χ0) is 33.4. The van der Waals surface area contributed by atoms with E-state index < -0.39 is 0 Å². The van der Waals surface area contributed by atoms with Crippen LogP contribution in [0.1, 0.15) is 59.1 Å². The van der Waals surface area contributed by atoms with Gasteiger partial charge >= 0.3 is 0 Å². The molecule has 2 atom stereocenters. The van der Waals surface area contributed by atoms with Crippen molar-refractivity contribution >= 4 is 17.5 Å². The first kappa shape index (κ1) is 28.9. The summed E-state index contributed by atoms with van der Waals surface area (Å²) < 4.78 is 0. The topological polar surface area (TPSA) is 29.0 Å². The fourth-order valence-corrected chi connectivity index (χ4v) is 8.78. The molecule has 50 heavy (non-hydrogen) atoms. The van der Waals surface area contributed by atoms with E-state index >= 15 is 0 Å². The molecule has 1 aliphatic heterocycles. The van der Waals surface area contributed by atoms with Crippen molar-refractivity contribution in [3.8, 4) is 33.9 Å². The monoisotopic (exact) mass is 641 g/mol. The third-order valence-corrected chi connectivity index (χ3v) is 11.1. The molecule has 3 nitrogen and oxygen atoms in total. The Balaban J connectivity index is 1.11. The number of fused-ring (bicyclic) bond motifs is 6. The van der Waals surface area contributed by atoms with Crippen LogP contribution in [0.15, 0.2) is 163 Å². The van der Waals surface area contributed by atoms with Crippen LogP contribution in [-0.4, -0.2) is 9.97 Å². The Morgan fingerprint density at radius 3 is 1.82 bits per heavy atom. The second-order valence-corrected chi connectivity index (χ2v) is 14.2. The summed E-state index contributed by atoms with van der Waals surface area (Å²) in [6.07, 6.45) is 2.45. The van der Waals surface area contributed by atoms with E-state index in [2.05, 4.69) is 170 Å². The van der Waals surface area contributed by atoms with E-state index in [9.17, 15) is 0 Å². The Morgan fingerprint density at radius 2 is 1.12 bits per heavy atom. The molecule has 0 saturated heterocycles. The van der Waals surface area contributed by atoms with E-state index in [1.807, 2.05) is 12.1 Å². The van der Waals surface area contributed by atoms with Crippen molar-refractivity contribution in [2.45, 2.75) is 31.1 Å². The number of hydrogen-bond acceptors (Lipinski definition) is 3. The lowest BCUT2D eigenvalue weighted by molar-refractivity contribution is 0.555. The van der Waals surface area contributed by atoms with E-state index in [0.717, 1.165) is 39.6 Å². The van der Waals surface area contributed by atoms with Crippen molar-refractivity contribution in [1.29, 1.82) is 0 Å². The summed E-state index contributed by atoms with van der Waals surface area (Å²) in [6, 6.07) is 56.7. The van der Waals surface area contributed by atoms with Crippen molar-refractivity contribution in [2.75, 3.05) is 4.90 Å². The molecule has 2 aliphatic carbocycles. The molecule has 3 heteroatoms. The first-order valence-electron chi connectivity index (χ1n) is 17.5. The number of rotatable bonds is 4. The van der Waals surface area contributed by atoms with Crippen molar-refractivity contribution in [3.63, 3.8) is 0 Å². The van der Waals surface area contributed by atoms with Gasteiger partial charge in [-0.3, -0.25) is 0 Å². The van der Waals surface area contributed by atoms with Crippen LogP contribution < -0.4 is 4.90 Å². The molecule has 0 saturated carbocycles. The smallest absolute Gasteiger partial charge is 0.160 e. The second-order valence-electron chi connectivity index (χ2n) is 14.2. The highest BCUT2D eigenvalue weighted by Crippen LogP contribution is 2.62. The molecule has 3 aliphatic rings. The number of hydrogen-bond donors (Lipinski definition) is 0. The number of allylic oxidation sites excluding steroid dienone is 1. The van der Waals surface area contributed by atoms with Crippen LogP contribution >= 0.6 is 0 Å². The molecule has 0 amide bonds. The third kappa shape index (κ3) is 4.29. The van der Waals surface area contributed by atoms with Crippen LogP contribution in [0.2, 0.25) is 0 Å². The fourth-order valence-electron chi connectivity index (χ4n) is 8.78.